The SMILES string of the molecule is CCOc1ccc(C(=O)NC(=S)Nc2sc3c(c2C(N)=O)CC[C@@H](C)C3)cc1Br. The summed E-state index contributed by atoms with van der Waals surface area (Å²) in [6.45, 7) is 4.62. The second kappa shape index (κ2) is 9.23. The normalized spacial score (nSPS) is 15.3. The first kappa shape index (κ1) is 21.7. The topological polar surface area (TPSA) is 93.4 Å². The van der Waals surface area contributed by atoms with Gasteiger partial charge in [0.15, 0.2) is 5.11 Å². The van der Waals surface area contributed by atoms with Crippen LogP contribution in [0.1, 0.15) is 51.4 Å². The number of hydrogen-bond donors (Lipinski definition) is 3. The Morgan fingerprint density at radius 1 is 1.41 bits per heavy atom. The first-order chi connectivity index (χ1) is 13.8. The van der Waals surface area contributed by atoms with Crippen molar-refractivity contribution in [1.29, 1.82) is 0 Å². The smallest absolute Gasteiger partial charge is 0.257 e. The second-order valence-electron chi connectivity index (χ2n) is 6.91. The Balaban J connectivity index is 1.73. The van der Waals surface area contributed by atoms with Gasteiger partial charge in [0.2, 0.25) is 0 Å². The Bertz CT molecular complexity index is 974. The molecular weight excluding hydrogens is 474 g/mol. The third kappa shape index (κ3) is 4.96. The van der Waals surface area contributed by atoms with Crippen LogP contribution in [-0.2, 0) is 12.8 Å². The second-order valence-corrected chi connectivity index (χ2v) is 9.27. The summed E-state index contributed by atoms with van der Waals surface area (Å²) in [6.07, 6.45) is 2.77. The van der Waals surface area contributed by atoms with Crippen LogP contribution in [0.2, 0.25) is 0 Å². The lowest BCUT2D eigenvalue weighted by atomic mass is 9.88. The van der Waals surface area contributed by atoms with Gasteiger partial charge in [0.25, 0.3) is 11.8 Å². The summed E-state index contributed by atoms with van der Waals surface area (Å²) in [4.78, 5) is 25.7. The maximum absolute atomic E-state index is 12.5. The number of ether oxygens (including phenoxy) is 1. The lowest BCUT2D eigenvalue weighted by molar-refractivity contribution is 0.0975. The van der Waals surface area contributed by atoms with Crippen molar-refractivity contribution in [3.8, 4) is 5.75 Å². The number of anilines is 1. The highest BCUT2D eigenvalue weighted by Gasteiger charge is 2.27. The summed E-state index contributed by atoms with van der Waals surface area (Å²) in [7, 11) is 0. The Kier molecular flexibility index (Phi) is 6.92. The number of carbonyl (C=O) groups is 2. The molecule has 0 bridgehead atoms. The zero-order chi connectivity index (χ0) is 21.1. The molecule has 2 aromatic rings. The number of benzene rings is 1. The van der Waals surface area contributed by atoms with Gasteiger partial charge < -0.3 is 15.8 Å². The number of fused-ring (bicyclic) bond motifs is 1. The summed E-state index contributed by atoms with van der Waals surface area (Å²) >= 11 is 10.2. The molecule has 1 aromatic carbocycles. The molecule has 3 rings (SSSR count). The Labute approximate surface area is 187 Å². The minimum absolute atomic E-state index is 0.120. The molecule has 0 saturated heterocycles. The molecule has 0 fully saturated rings. The van der Waals surface area contributed by atoms with E-state index >= 15 is 0 Å². The van der Waals surface area contributed by atoms with Crippen LogP contribution in [0, 0.1) is 5.92 Å². The van der Waals surface area contributed by atoms with Crippen molar-refractivity contribution >= 4 is 61.4 Å². The van der Waals surface area contributed by atoms with Crippen molar-refractivity contribution in [3.63, 3.8) is 0 Å². The fourth-order valence-electron chi connectivity index (χ4n) is 3.32. The molecule has 1 aromatic heterocycles. The molecule has 1 aliphatic carbocycles. The number of nitrogens with one attached hydrogen (secondary N) is 2. The van der Waals surface area contributed by atoms with E-state index in [-0.39, 0.29) is 11.0 Å². The molecule has 4 N–H and O–H groups in total. The maximum Gasteiger partial charge on any atom is 0.257 e. The van der Waals surface area contributed by atoms with Gasteiger partial charge in [-0.2, -0.15) is 0 Å². The lowest BCUT2D eigenvalue weighted by Crippen LogP contribution is -2.34. The summed E-state index contributed by atoms with van der Waals surface area (Å²) in [5.74, 6) is 0.389. The van der Waals surface area contributed by atoms with Crippen molar-refractivity contribution in [2.45, 2.75) is 33.1 Å². The van der Waals surface area contributed by atoms with E-state index in [1.54, 1.807) is 18.2 Å². The Morgan fingerprint density at radius 3 is 2.83 bits per heavy atom. The number of thiocarbonyl (C=S) groups is 1. The highest BCUT2D eigenvalue weighted by molar-refractivity contribution is 9.10. The van der Waals surface area contributed by atoms with E-state index in [1.165, 1.54) is 11.3 Å². The van der Waals surface area contributed by atoms with E-state index in [4.69, 9.17) is 22.7 Å². The van der Waals surface area contributed by atoms with E-state index in [0.717, 1.165) is 29.7 Å². The van der Waals surface area contributed by atoms with Crippen LogP contribution in [0.15, 0.2) is 22.7 Å². The first-order valence-electron chi connectivity index (χ1n) is 9.29. The quantitative estimate of drug-likeness (QED) is 0.538. The molecule has 1 heterocycles. The van der Waals surface area contributed by atoms with Crippen molar-refractivity contribution in [2.24, 2.45) is 11.7 Å². The fraction of sp³-hybridized carbons (Fsp3) is 0.350. The molecule has 0 aliphatic heterocycles. The summed E-state index contributed by atoms with van der Waals surface area (Å²) in [5, 5.41) is 6.36. The van der Waals surface area contributed by atoms with Gasteiger partial charge in [-0.25, -0.2) is 0 Å². The van der Waals surface area contributed by atoms with Crippen LogP contribution in [0.25, 0.3) is 0 Å². The van der Waals surface area contributed by atoms with Crippen LogP contribution < -0.4 is 21.1 Å². The molecule has 154 valence electrons. The van der Waals surface area contributed by atoms with E-state index < -0.39 is 5.91 Å². The third-order valence-corrected chi connectivity index (χ3v) is 6.70. The molecule has 0 radical (unpaired) electrons. The molecular formula is C20H22BrN3O3S2. The van der Waals surface area contributed by atoms with Crippen LogP contribution >= 0.6 is 39.5 Å². The molecule has 1 aliphatic rings. The zero-order valence-corrected chi connectivity index (χ0v) is 19.4. The van der Waals surface area contributed by atoms with Gasteiger partial charge in [-0.05, 0) is 84.0 Å². The number of primary amides is 1. The Hall–Kier alpha value is -1.97. The van der Waals surface area contributed by atoms with Crippen LogP contribution in [0.3, 0.4) is 0 Å². The number of carbonyl (C=O) groups excluding carboxylic acids is 2. The van der Waals surface area contributed by atoms with Crippen LogP contribution in [0.4, 0.5) is 5.00 Å². The molecule has 0 saturated carbocycles. The molecule has 2 amide bonds. The maximum atomic E-state index is 12.5. The summed E-state index contributed by atoms with van der Waals surface area (Å²) in [6, 6.07) is 5.05. The van der Waals surface area contributed by atoms with Gasteiger partial charge in [-0.3, -0.25) is 14.9 Å². The van der Waals surface area contributed by atoms with E-state index in [0.29, 0.717) is 38.9 Å². The molecule has 29 heavy (non-hydrogen) atoms. The van der Waals surface area contributed by atoms with Gasteiger partial charge in [0, 0.05) is 10.4 Å². The summed E-state index contributed by atoms with van der Waals surface area (Å²) in [5.41, 5.74) is 7.54. The van der Waals surface area contributed by atoms with E-state index in [9.17, 15) is 9.59 Å². The van der Waals surface area contributed by atoms with Crippen LogP contribution in [0.5, 0.6) is 5.75 Å². The van der Waals surface area contributed by atoms with Crippen molar-refractivity contribution in [1.82, 2.24) is 5.32 Å². The number of hydrogen-bond acceptors (Lipinski definition) is 5. The van der Waals surface area contributed by atoms with E-state index in [2.05, 4.69) is 33.5 Å². The standard InChI is InChI=1S/C20H22BrN3O3S2/c1-3-27-14-7-5-11(9-13(14)21)18(26)23-20(28)24-19-16(17(22)25)12-6-4-10(2)8-15(12)29-19/h5,7,9-10H,3-4,6,8H2,1-2H3,(H2,22,25)(H2,23,24,26,28)/t10-/m1/s1. The van der Waals surface area contributed by atoms with Crippen molar-refractivity contribution < 1.29 is 14.3 Å². The molecule has 1 atom stereocenters. The Morgan fingerprint density at radius 2 is 2.17 bits per heavy atom. The van der Waals surface area contributed by atoms with Crippen molar-refractivity contribution in [3.05, 3.63) is 44.2 Å². The van der Waals surface area contributed by atoms with Crippen molar-refractivity contribution in [2.75, 3.05) is 11.9 Å². The fourth-order valence-corrected chi connectivity index (χ4v) is 5.50. The lowest BCUT2D eigenvalue weighted by Gasteiger charge is -2.18. The van der Waals surface area contributed by atoms with Gasteiger partial charge >= 0.3 is 0 Å². The highest BCUT2D eigenvalue weighted by atomic mass is 79.9. The average Bonchev–Trinajstić information content (AvgIpc) is 3.00. The number of rotatable bonds is 5. The largest absolute Gasteiger partial charge is 0.493 e. The van der Waals surface area contributed by atoms with Gasteiger partial charge in [0.1, 0.15) is 10.8 Å². The number of halogens is 1. The van der Waals surface area contributed by atoms with Crippen LogP contribution in [-0.4, -0.2) is 23.5 Å². The predicted molar refractivity (Wildman–Crippen MR) is 123 cm³/mol. The number of thiophene rings is 1. The first-order valence-corrected chi connectivity index (χ1v) is 11.3. The summed E-state index contributed by atoms with van der Waals surface area (Å²) < 4.78 is 6.14. The molecule has 9 heteroatoms. The number of nitrogens with two attached hydrogens (primary N) is 1. The van der Waals surface area contributed by atoms with Gasteiger partial charge in [0.05, 0.1) is 16.6 Å². The molecule has 0 unspecified atom stereocenters. The predicted octanol–water partition coefficient (Wildman–Crippen LogP) is 4.26. The molecule has 6 nitrogen and oxygen atoms in total. The van der Waals surface area contributed by atoms with Gasteiger partial charge in [-0.15, -0.1) is 11.3 Å². The minimum Gasteiger partial charge on any atom is -0.493 e. The average molecular weight is 496 g/mol. The third-order valence-electron chi connectivity index (χ3n) is 4.71. The zero-order valence-electron chi connectivity index (χ0n) is 16.1. The number of amides is 2. The minimum atomic E-state index is -0.482. The van der Waals surface area contributed by atoms with E-state index in [1.807, 2.05) is 6.92 Å². The molecule has 0 spiro atoms. The highest BCUT2D eigenvalue weighted by Crippen LogP contribution is 2.39. The van der Waals surface area contributed by atoms with Gasteiger partial charge in [-0.1, -0.05) is 6.92 Å². The monoisotopic (exact) mass is 495 g/mol.